The zero-order chi connectivity index (χ0) is 13.2. The van der Waals surface area contributed by atoms with Crippen LogP contribution in [0.2, 0.25) is 0 Å². The first-order chi connectivity index (χ1) is 9.26. The monoisotopic (exact) mass is 275 g/mol. The molecule has 0 amide bonds. The highest BCUT2D eigenvalue weighted by Crippen LogP contribution is 2.33. The van der Waals surface area contributed by atoms with E-state index in [0.717, 1.165) is 18.2 Å². The molecule has 5 nitrogen and oxygen atoms in total. The molecule has 3 rings (SSSR count). The number of hydrazine groups is 1. The van der Waals surface area contributed by atoms with Crippen LogP contribution >= 0.6 is 11.3 Å². The summed E-state index contributed by atoms with van der Waals surface area (Å²) >= 11 is 1.73. The van der Waals surface area contributed by atoms with Crippen LogP contribution in [0.4, 0.5) is 11.6 Å². The van der Waals surface area contributed by atoms with E-state index in [2.05, 4.69) is 37.1 Å². The van der Waals surface area contributed by atoms with Crippen LogP contribution in [0.5, 0.6) is 0 Å². The Bertz CT molecular complexity index is 550. The molecule has 0 bridgehead atoms. The van der Waals surface area contributed by atoms with Gasteiger partial charge in [-0.3, -0.25) is 0 Å². The van der Waals surface area contributed by atoms with E-state index < -0.39 is 0 Å². The van der Waals surface area contributed by atoms with Crippen LogP contribution < -0.4 is 16.2 Å². The average molecular weight is 275 g/mol. The molecule has 19 heavy (non-hydrogen) atoms. The zero-order valence-corrected chi connectivity index (χ0v) is 11.7. The van der Waals surface area contributed by atoms with E-state index in [0.29, 0.717) is 11.9 Å². The van der Waals surface area contributed by atoms with Gasteiger partial charge < -0.3 is 10.3 Å². The summed E-state index contributed by atoms with van der Waals surface area (Å²) in [6, 6.07) is 4.67. The van der Waals surface area contributed by atoms with Crippen molar-refractivity contribution in [3.05, 3.63) is 34.3 Å². The number of nitrogens with zero attached hydrogens (tertiary/aromatic N) is 3. The van der Waals surface area contributed by atoms with Crippen LogP contribution in [0.25, 0.3) is 0 Å². The van der Waals surface area contributed by atoms with Crippen molar-refractivity contribution < 1.29 is 0 Å². The second kappa shape index (κ2) is 5.14. The van der Waals surface area contributed by atoms with Gasteiger partial charge in [-0.05, 0) is 42.2 Å². The minimum Gasteiger partial charge on any atom is -0.349 e. The van der Waals surface area contributed by atoms with E-state index in [4.69, 9.17) is 5.84 Å². The lowest BCUT2D eigenvalue weighted by Gasteiger charge is -2.23. The number of rotatable bonds is 5. The highest BCUT2D eigenvalue weighted by molar-refractivity contribution is 7.07. The topological polar surface area (TPSA) is 67.1 Å². The third-order valence-corrected chi connectivity index (χ3v) is 3.92. The van der Waals surface area contributed by atoms with Gasteiger partial charge in [0.05, 0.1) is 0 Å². The van der Waals surface area contributed by atoms with Gasteiger partial charge in [-0.15, -0.1) is 0 Å². The van der Waals surface area contributed by atoms with Crippen molar-refractivity contribution in [2.24, 2.45) is 5.84 Å². The van der Waals surface area contributed by atoms with Crippen LogP contribution in [0, 0.1) is 6.92 Å². The first kappa shape index (κ1) is 12.4. The van der Waals surface area contributed by atoms with Crippen molar-refractivity contribution in [3.8, 4) is 0 Å². The number of nitrogens with one attached hydrogen (secondary N) is 1. The van der Waals surface area contributed by atoms with Gasteiger partial charge in [-0.25, -0.2) is 15.8 Å². The Balaban J connectivity index is 1.89. The average Bonchev–Trinajstić information content (AvgIpc) is 3.12. The van der Waals surface area contributed by atoms with E-state index >= 15 is 0 Å². The van der Waals surface area contributed by atoms with Gasteiger partial charge in [0.25, 0.3) is 0 Å². The molecule has 1 aliphatic carbocycles. The number of hydrogen-bond acceptors (Lipinski definition) is 6. The number of aryl methyl sites for hydroxylation is 1. The fraction of sp³-hybridized carbons (Fsp3) is 0.385. The molecule has 0 atom stereocenters. The molecular formula is C13H17N5S. The van der Waals surface area contributed by atoms with Gasteiger partial charge in [-0.1, -0.05) is 0 Å². The highest BCUT2D eigenvalue weighted by Gasteiger charge is 2.30. The van der Waals surface area contributed by atoms with E-state index in [9.17, 15) is 0 Å². The van der Waals surface area contributed by atoms with Crippen molar-refractivity contribution in [1.82, 2.24) is 9.97 Å². The first-order valence-electron chi connectivity index (χ1n) is 6.36. The molecule has 0 radical (unpaired) electrons. The maximum atomic E-state index is 5.46. The van der Waals surface area contributed by atoms with Crippen molar-refractivity contribution >= 4 is 23.0 Å². The number of nitrogens with two attached hydrogens (primary N) is 1. The summed E-state index contributed by atoms with van der Waals surface area (Å²) in [7, 11) is 0. The fourth-order valence-electron chi connectivity index (χ4n) is 2.14. The number of hydrogen-bond donors (Lipinski definition) is 2. The minimum atomic E-state index is 0.597. The molecule has 1 saturated carbocycles. The van der Waals surface area contributed by atoms with Crippen LogP contribution in [0.1, 0.15) is 24.2 Å². The Morgan fingerprint density at radius 1 is 1.47 bits per heavy atom. The number of nitrogen functional groups attached to an aromatic ring is 1. The SMILES string of the molecule is Cc1nc(NN)cc(N(Cc2ccsc2)C2CC2)n1. The molecule has 2 heterocycles. The maximum absolute atomic E-state index is 5.46. The summed E-state index contributed by atoms with van der Waals surface area (Å²) in [6.45, 7) is 2.79. The van der Waals surface area contributed by atoms with Crippen molar-refractivity contribution in [1.29, 1.82) is 0 Å². The van der Waals surface area contributed by atoms with Crippen LogP contribution in [-0.4, -0.2) is 16.0 Å². The third-order valence-electron chi connectivity index (χ3n) is 3.19. The molecule has 2 aromatic rings. The highest BCUT2D eigenvalue weighted by atomic mass is 32.1. The third kappa shape index (κ3) is 2.85. The van der Waals surface area contributed by atoms with Gasteiger partial charge in [0.2, 0.25) is 0 Å². The van der Waals surface area contributed by atoms with E-state index in [1.807, 2.05) is 13.0 Å². The van der Waals surface area contributed by atoms with Gasteiger partial charge in [0, 0.05) is 18.7 Å². The molecule has 3 N–H and O–H groups in total. The summed E-state index contributed by atoms with van der Waals surface area (Å²) < 4.78 is 0. The van der Waals surface area contributed by atoms with Gasteiger partial charge in [0.1, 0.15) is 17.5 Å². The van der Waals surface area contributed by atoms with Crippen LogP contribution in [0.15, 0.2) is 22.9 Å². The number of thiophene rings is 1. The molecule has 0 unspecified atom stereocenters. The van der Waals surface area contributed by atoms with Crippen molar-refractivity contribution in [3.63, 3.8) is 0 Å². The minimum absolute atomic E-state index is 0.597. The molecule has 1 fully saturated rings. The number of anilines is 2. The van der Waals surface area contributed by atoms with Gasteiger partial charge in [0.15, 0.2) is 0 Å². The Morgan fingerprint density at radius 2 is 2.32 bits per heavy atom. The molecule has 1 aliphatic rings. The maximum Gasteiger partial charge on any atom is 0.145 e. The Morgan fingerprint density at radius 3 is 2.95 bits per heavy atom. The van der Waals surface area contributed by atoms with E-state index in [1.165, 1.54) is 18.4 Å². The van der Waals surface area contributed by atoms with Crippen LogP contribution in [-0.2, 0) is 6.54 Å². The normalized spacial score (nSPS) is 14.4. The largest absolute Gasteiger partial charge is 0.349 e. The summed E-state index contributed by atoms with van der Waals surface area (Å²) in [6.07, 6.45) is 2.47. The predicted molar refractivity (Wildman–Crippen MR) is 78.1 cm³/mol. The fourth-order valence-corrected chi connectivity index (χ4v) is 2.80. The number of aromatic nitrogens is 2. The second-order valence-electron chi connectivity index (χ2n) is 4.79. The molecule has 2 aromatic heterocycles. The summed E-state index contributed by atoms with van der Waals surface area (Å²) in [4.78, 5) is 11.1. The molecule has 0 aromatic carbocycles. The Labute approximate surface area is 116 Å². The lowest BCUT2D eigenvalue weighted by Crippen LogP contribution is -2.26. The quantitative estimate of drug-likeness (QED) is 0.647. The summed E-state index contributed by atoms with van der Waals surface area (Å²) in [5.74, 6) is 7.81. The Hall–Kier alpha value is -1.66. The summed E-state index contributed by atoms with van der Waals surface area (Å²) in [5.41, 5.74) is 3.93. The molecular weight excluding hydrogens is 258 g/mol. The lowest BCUT2D eigenvalue weighted by atomic mass is 10.3. The van der Waals surface area contributed by atoms with Crippen molar-refractivity contribution in [2.45, 2.75) is 32.4 Å². The lowest BCUT2D eigenvalue weighted by molar-refractivity contribution is 0.773. The predicted octanol–water partition coefficient (Wildman–Crippen LogP) is 2.30. The van der Waals surface area contributed by atoms with Crippen molar-refractivity contribution in [2.75, 3.05) is 10.3 Å². The molecule has 0 aliphatic heterocycles. The summed E-state index contributed by atoms with van der Waals surface area (Å²) in [5, 5.41) is 4.30. The molecule has 0 saturated heterocycles. The molecule has 0 spiro atoms. The second-order valence-corrected chi connectivity index (χ2v) is 5.57. The van der Waals surface area contributed by atoms with Gasteiger partial charge >= 0.3 is 0 Å². The first-order valence-corrected chi connectivity index (χ1v) is 7.30. The van der Waals surface area contributed by atoms with Crippen LogP contribution in [0.3, 0.4) is 0 Å². The van der Waals surface area contributed by atoms with E-state index in [1.54, 1.807) is 11.3 Å². The van der Waals surface area contributed by atoms with E-state index in [-0.39, 0.29) is 0 Å². The zero-order valence-electron chi connectivity index (χ0n) is 10.8. The standard InChI is InChI=1S/C13H17N5S/c1-9-15-12(17-14)6-13(16-9)18(11-2-3-11)7-10-4-5-19-8-10/h4-6,8,11H,2-3,7,14H2,1H3,(H,15,16,17). The van der Waals surface area contributed by atoms with Gasteiger partial charge in [-0.2, -0.15) is 11.3 Å². The smallest absolute Gasteiger partial charge is 0.145 e. The Kier molecular flexibility index (Phi) is 3.35. The molecule has 6 heteroatoms. The molecule has 100 valence electrons.